The lowest BCUT2D eigenvalue weighted by atomic mass is 9.92. The first-order valence-corrected chi connectivity index (χ1v) is 9.21. The Hall–Kier alpha value is -2.60. The first-order valence-electron chi connectivity index (χ1n) is 9.21. The number of nitrogens with two attached hydrogens (primary N) is 1. The van der Waals surface area contributed by atoms with Gasteiger partial charge in [0, 0.05) is 32.4 Å². The molecule has 0 radical (unpaired) electrons. The number of hydrogen-bond acceptors (Lipinski definition) is 5. The molecule has 6 heteroatoms. The van der Waals surface area contributed by atoms with Crippen LogP contribution in [0.5, 0.6) is 0 Å². The molecule has 0 saturated carbocycles. The largest absolute Gasteiger partial charge is 0.368 e. The number of nitrogens with zero attached hydrogens (tertiary/aromatic N) is 4. The van der Waals surface area contributed by atoms with Gasteiger partial charge in [-0.05, 0) is 30.5 Å². The van der Waals surface area contributed by atoms with E-state index < -0.39 is 0 Å². The Kier molecular flexibility index (Phi) is 4.51. The highest BCUT2D eigenvalue weighted by atomic mass is 15.3. The van der Waals surface area contributed by atoms with Gasteiger partial charge >= 0.3 is 0 Å². The Morgan fingerprint density at radius 2 is 2.04 bits per heavy atom. The summed E-state index contributed by atoms with van der Waals surface area (Å²) >= 11 is 0. The first-order chi connectivity index (χ1) is 12.6. The second kappa shape index (κ2) is 6.96. The molecule has 3 heterocycles. The number of likely N-dealkylation sites (tertiary alicyclic amines) is 1. The van der Waals surface area contributed by atoms with Crippen molar-refractivity contribution in [3.8, 4) is 0 Å². The summed E-state index contributed by atoms with van der Waals surface area (Å²) in [6, 6.07) is 13.1. The van der Waals surface area contributed by atoms with Crippen molar-refractivity contribution in [3.05, 3.63) is 48.2 Å². The van der Waals surface area contributed by atoms with Crippen molar-refractivity contribution in [2.45, 2.75) is 25.9 Å². The molecule has 1 saturated heterocycles. The van der Waals surface area contributed by atoms with Crippen molar-refractivity contribution in [2.75, 3.05) is 30.8 Å². The number of aromatic nitrogens is 3. The number of nitrogen functional groups attached to an aromatic ring is 1. The van der Waals surface area contributed by atoms with Gasteiger partial charge in [0.1, 0.15) is 11.5 Å². The van der Waals surface area contributed by atoms with E-state index in [1.165, 1.54) is 12.0 Å². The highest BCUT2D eigenvalue weighted by Crippen LogP contribution is 2.30. The van der Waals surface area contributed by atoms with E-state index in [0.717, 1.165) is 36.5 Å². The van der Waals surface area contributed by atoms with Crippen LogP contribution in [0.2, 0.25) is 0 Å². The van der Waals surface area contributed by atoms with Gasteiger partial charge in [0.25, 0.3) is 0 Å². The van der Waals surface area contributed by atoms with Crippen LogP contribution in [0.4, 0.5) is 11.8 Å². The molecule has 3 aromatic rings. The van der Waals surface area contributed by atoms with Crippen LogP contribution in [0, 0.1) is 5.92 Å². The number of H-pyrrole nitrogens is 1. The SMILES string of the molecule is CC1CCN(Cc2ccccc2)CC1N(C)c1nc(N)nc2[nH]ccc12. The Balaban J connectivity index is 1.57. The fourth-order valence-corrected chi connectivity index (χ4v) is 3.97. The minimum Gasteiger partial charge on any atom is -0.368 e. The van der Waals surface area contributed by atoms with Gasteiger partial charge in [-0.3, -0.25) is 4.90 Å². The molecule has 136 valence electrons. The normalized spacial score (nSPS) is 21.2. The fourth-order valence-electron chi connectivity index (χ4n) is 3.97. The number of hydrogen-bond donors (Lipinski definition) is 2. The lowest BCUT2D eigenvalue weighted by Crippen LogP contribution is -2.51. The third-order valence-electron chi connectivity index (χ3n) is 5.50. The maximum absolute atomic E-state index is 5.94. The molecule has 1 fully saturated rings. The van der Waals surface area contributed by atoms with Crippen molar-refractivity contribution in [1.82, 2.24) is 19.9 Å². The van der Waals surface area contributed by atoms with Crippen molar-refractivity contribution in [2.24, 2.45) is 5.92 Å². The van der Waals surface area contributed by atoms with Crippen molar-refractivity contribution < 1.29 is 0 Å². The van der Waals surface area contributed by atoms with Crippen molar-refractivity contribution in [3.63, 3.8) is 0 Å². The molecule has 2 atom stereocenters. The van der Waals surface area contributed by atoms with E-state index in [4.69, 9.17) is 5.73 Å². The van der Waals surface area contributed by atoms with E-state index in [1.807, 2.05) is 12.3 Å². The molecule has 26 heavy (non-hydrogen) atoms. The van der Waals surface area contributed by atoms with Crippen LogP contribution in [0.15, 0.2) is 42.6 Å². The van der Waals surface area contributed by atoms with E-state index in [1.54, 1.807) is 0 Å². The number of piperidine rings is 1. The predicted molar refractivity (Wildman–Crippen MR) is 106 cm³/mol. The third kappa shape index (κ3) is 3.24. The molecule has 3 N–H and O–H groups in total. The monoisotopic (exact) mass is 350 g/mol. The van der Waals surface area contributed by atoms with Gasteiger partial charge in [-0.15, -0.1) is 0 Å². The van der Waals surface area contributed by atoms with Crippen LogP contribution >= 0.6 is 0 Å². The quantitative estimate of drug-likeness (QED) is 0.757. The van der Waals surface area contributed by atoms with Gasteiger partial charge in [-0.1, -0.05) is 37.3 Å². The summed E-state index contributed by atoms with van der Waals surface area (Å²) in [4.78, 5) is 16.8. The van der Waals surface area contributed by atoms with Crippen LogP contribution in [0.3, 0.4) is 0 Å². The van der Waals surface area contributed by atoms with Gasteiger partial charge < -0.3 is 15.6 Å². The van der Waals surface area contributed by atoms with E-state index in [2.05, 4.69) is 69.1 Å². The van der Waals surface area contributed by atoms with Gasteiger partial charge in [-0.2, -0.15) is 9.97 Å². The number of aromatic amines is 1. The van der Waals surface area contributed by atoms with Crippen molar-refractivity contribution in [1.29, 1.82) is 0 Å². The lowest BCUT2D eigenvalue weighted by molar-refractivity contribution is 0.159. The number of anilines is 2. The molecule has 0 aliphatic carbocycles. The van der Waals surface area contributed by atoms with Crippen LogP contribution in [-0.2, 0) is 6.54 Å². The van der Waals surface area contributed by atoms with Crippen LogP contribution in [0.25, 0.3) is 11.0 Å². The maximum Gasteiger partial charge on any atom is 0.223 e. The zero-order valence-corrected chi connectivity index (χ0v) is 15.4. The zero-order valence-electron chi connectivity index (χ0n) is 15.4. The van der Waals surface area contributed by atoms with Gasteiger partial charge in [0.2, 0.25) is 5.95 Å². The molecular formula is C20H26N6. The minimum atomic E-state index is 0.311. The first kappa shape index (κ1) is 16.8. The number of likely N-dealkylation sites (N-methyl/N-ethyl adjacent to an activating group) is 1. The van der Waals surface area contributed by atoms with Crippen molar-refractivity contribution >= 4 is 22.8 Å². The van der Waals surface area contributed by atoms with E-state index in [9.17, 15) is 0 Å². The number of fused-ring (bicyclic) bond motifs is 1. The molecule has 0 bridgehead atoms. The second-order valence-electron chi connectivity index (χ2n) is 7.31. The Labute approximate surface area is 154 Å². The predicted octanol–water partition coefficient (Wildman–Crippen LogP) is 2.89. The highest BCUT2D eigenvalue weighted by molar-refractivity contribution is 5.88. The standard InChI is InChI=1S/C20H26N6/c1-14-9-11-26(12-15-6-4-3-5-7-15)13-17(14)25(2)19-16-8-10-22-18(16)23-20(21)24-19/h3-8,10,14,17H,9,11-13H2,1-2H3,(H3,21,22,23,24). The average molecular weight is 350 g/mol. The lowest BCUT2D eigenvalue weighted by Gasteiger charge is -2.42. The summed E-state index contributed by atoms with van der Waals surface area (Å²) in [5, 5.41) is 1.02. The smallest absolute Gasteiger partial charge is 0.223 e. The van der Waals surface area contributed by atoms with E-state index in [0.29, 0.717) is 17.9 Å². The second-order valence-corrected chi connectivity index (χ2v) is 7.31. The summed E-state index contributed by atoms with van der Waals surface area (Å²) in [5.41, 5.74) is 8.10. The van der Waals surface area contributed by atoms with Crippen LogP contribution in [-0.4, -0.2) is 46.0 Å². The zero-order chi connectivity index (χ0) is 18.1. The van der Waals surface area contributed by atoms with E-state index in [-0.39, 0.29) is 0 Å². The number of rotatable bonds is 4. The van der Waals surface area contributed by atoms with Gasteiger partial charge in [0.15, 0.2) is 0 Å². The Bertz CT molecular complexity index is 874. The minimum absolute atomic E-state index is 0.311. The summed E-state index contributed by atoms with van der Waals surface area (Å²) < 4.78 is 0. The van der Waals surface area contributed by atoms with Gasteiger partial charge in [-0.25, -0.2) is 0 Å². The average Bonchev–Trinajstić information content (AvgIpc) is 3.11. The summed E-state index contributed by atoms with van der Waals surface area (Å²) in [7, 11) is 2.13. The molecule has 4 rings (SSSR count). The summed E-state index contributed by atoms with van der Waals surface area (Å²) in [6.45, 7) is 5.47. The molecule has 0 amide bonds. The molecular weight excluding hydrogens is 324 g/mol. The van der Waals surface area contributed by atoms with Crippen LogP contribution < -0.4 is 10.6 Å². The number of nitrogens with one attached hydrogen (secondary N) is 1. The van der Waals surface area contributed by atoms with E-state index >= 15 is 0 Å². The maximum atomic E-state index is 5.94. The molecule has 6 nitrogen and oxygen atoms in total. The molecule has 0 spiro atoms. The molecule has 1 aliphatic heterocycles. The Morgan fingerprint density at radius 1 is 1.23 bits per heavy atom. The summed E-state index contributed by atoms with van der Waals surface area (Å²) in [6.07, 6.45) is 3.07. The highest BCUT2D eigenvalue weighted by Gasteiger charge is 2.31. The molecule has 1 aromatic carbocycles. The molecule has 2 unspecified atom stereocenters. The molecule has 1 aliphatic rings. The fraction of sp³-hybridized carbons (Fsp3) is 0.400. The third-order valence-corrected chi connectivity index (χ3v) is 5.50. The van der Waals surface area contributed by atoms with Gasteiger partial charge in [0.05, 0.1) is 5.39 Å². The summed E-state index contributed by atoms with van der Waals surface area (Å²) in [5.74, 6) is 1.82. The molecule has 2 aromatic heterocycles. The topological polar surface area (TPSA) is 74.1 Å². The Morgan fingerprint density at radius 3 is 2.85 bits per heavy atom. The van der Waals surface area contributed by atoms with Crippen LogP contribution in [0.1, 0.15) is 18.9 Å². The number of benzene rings is 1.